The Morgan fingerprint density at radius 3 is 2.77 bits per heavy atom. The van der Waals surface area contributed by atoms with Gasteiger partial charge in [-0.25, -0.2) is 0 Å². The van der Waals surface area contributed by atoms with Gasteiger partial charge in [-0.15, -0.1) is 0 Å². The van der Waals surface area contributed by atoms with E-state index in [0.29, 0.717) is 28.8 Å². The minimum Gasteiger partial charge on any atom is -0.485 e. The summed E-state index contributed by atoms with van der Waals surface area (Å²) in [6, 6.07) is 14.5. The highest BCUT2D eigenvalue weighted by Gasteiger charge is 2.14. The number of amides is 1. The summed E-state index contributed by atoms with van der Waals surface area (Å²) < 4.78 is 10.5. The van der Waals surface area contributed by atoms with Crippen molar-refractivity contribution in [2.24, 2.45) is 0 Å². The first-order valence-corrected chi connectivity index (χ1v) is 7.95. The van der Waals surface area contributed by atoms with Crippen LogP contribution in [0, 0.1) is 6.92 Å². The summed E-state index contributed by atoms with van der Waals surface area (Å²) in [7, 11) is 0. The maximum Gasteiger partial charge on any atom is 0.276 e. The Balaban J connectivity index is 1.41. The van der Waals surface area contributed by atoms with Gasteiger partial charge in [-0.05, 0) is 30.3 Å². The van der Waals surface area contributed by atoms with Gasteiger partial charge >= 0.3 is 0 Å². The minimum absolute atomic E-state index is 0.211. The Morgan fingerprint density at radius 2 is 2.00 bits per heavy atom. The van der Waals surface area contributed by atoms with Crippen LogP contribution in [0.3, 0.4) is 0 Å². The molecule has 4 rings (SSSR count). The molecule has 0 saturated carbocycles. The van der Waals surface area contributed by atoms with Crippen molar-refractivity contribution in [1.82, 2.24) is 20.3 Å². The molecular formula is C18H15N5O3. The van der Waals surface area contributed by atoms with E-state index >= 15 is 0 Å². The quantitative estimate of drug-likeness (QED) is 0.573. The van der Waals surface area contributed by atoms with Gasteiger partial charge in [0.15, 0.2) is 12.3 Å². The predicted molar refractivity (Wildman–Crippen MR) is 93.9 cm³/mol. The van der Waals surface area contributed by atoms with Gasteiger partial charge < -0.3 is 14.6 Å². The monoisotopic (exact) mass is 349 g/mol. The molecule has 2 N–H and O–H groups in total. The zero-order valence-electron chi connectivity index (χ0n) is 13.9. The molecule has 8 heteroatoms. The largest absolute Gasteiger partial charge is 0.485 e. The lowest BCUT2D eigenvalue weighted by Gasteiger charge is -2.06. The van der Waals surface area contributed by atoms with E-state index in [2.05, 4.69) is 25.7 Å². The number of benzene rings is 2. The van der Waals surface area contributed by atoms with Crippen LogP contribution in [0.25, 0.3) is 10.9 Å². The molecule has 0 spiro atoms. The summed E-state index contributed by atoms with van der Waals surface area (Å²) in [5.41, 5.74) is 1.82. The Kier molecular flexibility index (Phi) is 4.06. The van der Waals surface area contributed by atoms with Crippen molar-refractivity contribution in [3.63, 3.8) is 0 Å². The Hall–Kier alpha value is -3.68. The first-order chi connectivity index (χ1) is 12.7. The van der Waals surface area contributed by atoms with Gasteiger partial charge in [-0.2, -0.15) is 10.1 Å². The maximum absolute atomic E-state index is 12.4. The number of carbonyl (C=O) groups excluding carboxylic acids is 1. The van der Waals surface area contributed by atoms with Gasteiger partial charge in [0.25, 0.3) is 5.91 Å². The summed E-state index contributed by atoms with van der Waals surface area (Å²) in [5.74, 6) is 1.33. The fraction of sp³-hybridized carbons (Fsp3) is 0.111. The van der Waals surface area contributed by atoms with Crippen LogP contribution in [0.15, 0.2) is 53.1 Å². The number of aromatic amines is 1. The van der Waals surface area contributed by atoms with Gasteiger partial charge in [0, 0.05) is 18.0 Å². The van der Waals surface area contributed by atoms with Crippen molar-refractivity contribution in [1.29, 1.82) is 0 Å². The van der Waals surface area contributed by atoms with E-state index in [0.717, 1.165) is 10.9 Å². The van der Waals surface area contributed by atoms with Crippen LogP contribution in [0.5, 0.6) is 5.75 Å². The lowest BCUT2D eigenvalue weighted by molar-refractivity contribution is 0.102. The third-order valence-electron chi connectivity index (χ3n) is 3.74. The van der Waals surface area contributed by atoms with E-state index in [1.54, 1.807) is 31.2 Å². The van der Waals surface area contributed by atoms with Crippen molar-refractivity contribution in [3.05, 3.63) is 65.9 Å². The number of hydrogen-bond acceptors (Lipinski definition) is 6. The molecule has 2 heterocycles. The van der Waals surface area contributed by atoms with E-state index in [-0.39, 0.29) is 12.5 Å². The number of nitrogens with zero attached hydrogens (tertiary/aromatic N) is 3. The zero-order chi connectivity index (χ0) is 17.9. The molecule has 1 amide bonds. The van der Waals surface area contributed by atoms with Crippen LogP contribution in [0.4, 0.5) is 5.69 Å². The normalized spacial score (nSPS) is 10.8. The molecule has 0 aliphatic heterocycles. The Bertz CT molecular complexity index is 1050. The molecule has 0 unspecified atom stereocenters. The smallest absolute Gasteiger partial charge is 0.276 e. The standard InChI is InChI=1S/C18H15N5O3/c1-11-19-16(23-26-11)10-25-13-8-6-12(7-9-13)20-18(24)17-14-4-2-3-5-15(14)21-22-17/h2-9H,10H2,1H3,(H,20,24)(H,21,22). The molecule has 4 aromatic rings. The fourth-order valence-electron chi connectivity index (χ4n) is 2.51. The maximum atomic E-state index is 12.4. The highest BCUT2D eigenvalue weighted by molar-refractivity contribution is 6.11. The first-order valence-electron chi connectivity index (χ1n) is 7.95. The van der Waals surface area contributed by atoms with Crippen LogP contribution >= 0.6 is 0 Å². The molecule has 2 aromatic carbocycles. The summed E-state index contributed by atoms with van der Waals surface area (Å²) in [5, 5.41) is 14.3. The fourth-order valence-corrected chi connectivity index (χ4v) is 2.51. The second-order valence-electron chi connectivity index (χ2n) is 5.61. The van der Waals surface area contributed by atoms with Crippen LogP contribution in [0.1, 0.15) is 22.2 Å². The highest BCUT2D eigenvalue weighted by atomic mass is 16.5. The van der Waals surface area contributed by atoms with Crippen molar-refractivity contribution >= 4 is 22.5 Å². The number of fused-ring (bicyclic) bond motifs is 1. The second-order valence-corrected chi connectivity index (χ2v) is 5.61. The molecular weight excluding hydrogens is 334 g/mol. The summed E-state index contributed by atoms with van der Waals surface area (Å²) in [4.78, 5) is 16.5. The summed E-state index contributed by atoms with van der Waals surface area (Å²) >= 11 is 0. The summed E-state index contributed by atoms with van der Waals surface area (Å²) in [6.07, 6.45) is 0. The number of para-hydroxylation sites is 1. The topological polar surface area (TPSA) is 106 Å². The number of rotatable bonds is 5. The minimum atomic E-state index is -0.279. The molecule has 130 valence electrons. The Morgan fingerprint density at radius 1 is 1.19 bits per heavy atom. The molecule has 0 aliphatic carbocycles. The molecule has 0 radical (unpaired) electrons. The molecule has 0 bridgehead atoms. The number of ether oxygens (including phenoxy) is 1. The van der Waals surface area contributed by atoms with Gasteiger partial charge in [-0.3, -0.25) is 9.89 Å². The van der Waals surface area contributed by atoms with Crippen molar-refractivity contribution in [2.45, 2.75) is 13.5 Å². The number of aryl methyl sites for hydroxylation is 1. The third kappa shape index (κ3) is 3.25. The van der Waals surface area contributed by atoms with Crippen LogP contribution in [-0.2, 0) is 6.61 Å². The van der Waals surface area contributed by atoms with Crippen molar-refractivity contribution in [2.75, 3.05) is 5.32 Å². The number of hydrogen-bond donors (Lipinski definition) is 2. The summed E-state index contributed by atoms with van der Waals surface area (Å²) in [6.45, 7) is 1.93. The Labute approximate surface area is 148 Å². The molecule has 0 fully saturated rings. The van der Waals surface area contributed by atoms with E-state index < -0.39 is 0 Å². The van der Waals surface area contributed by atoms with Crippen LogP contribution in [-0.4, -0.2) is 26.2 Å². The van der Waals surface area contributed by atoms with E-state index in [4.69, 9.17) is 9.26 Å². The number of nitrogens with one attached hydrogen (secondary N) is 2. The molecule has 0 saturated heterocycles. The van der Waals surface area contributed by atoms with Gasteiger partial charge in [-0.1, -0.05) is 23.4 Å². The number of H-pyrrole nitrogens is 1. The van der Waals surface area contributed by atoms with Gasteiger partial charge in [0.2, 0.25) is 11.7 Å². The number of anilines is 1. The highest BCUT2D eigenvalue weighted by Crippen LogP contribution is 2.19. The second kappa shape index (κ2) is 6.67. The first kappa shape index (κ1) is 15.8. The number of carbonyl (C=O) groups is 1. The third-order valence-corrected chi connectivity index (χ3v) is 3.74. The van der Waals surface area contributed by atoms with E-state index in [1.807, 2.05) is 24.3 Å². The van der Waals surface area contributed by atoms with E-state index in [9.17, 15) is 4.79 Å². The molecule has 0 atom stereocenters. The predicted octanol–water partition coefficient (Wildman–Crippen LogP) is 3.09. The van der Waals surface area contributed by atoms with E-state index in [1.165, 1.54) is 0 Å². The van der Waals surface area contributed by atoms with Gasteiger partial charge in [0.1, 0.15) is 5.75 Å². The van der Waals surface area contributed by atoms with Crippen LogP contribution < -0.4 is 10.1 Å². The molecule has 0 aliphatic rings. The molecule has 2 aromatic heterocycles. The zero-order valence-corrected chi connectivity index (χ0v) is 13.9. The van der Waals surface area contributed by atoms with Crippen LogP contribution in [0.2, 0.25) is 0 Å². The lowest BCUT2D eigenvalue weighted by Crippen LogP contribution is -2.12. The van der Waals surface area contributed by atoms with Gasteiger partial charge in [0.05, 0.1) is 5.52 Å². The SMILES string of the molecule is Cc1nc(COc2ccc(NC(=O)c3n[nH]c4ccccc34)cc2)no1. The lowest BCUT2D eigenvalue weighted by atomic mass is 10.2. The molecule has 26 heavy (non-hydrogen) atoms. The number of aromatic nitrogens is 4. The van der Waals surface area contributed by atoms with Crippen molar-refractivity contribution < 1.29 is 14.1 Å². The van der Waals surface area contributed by atoms with Crippen molar-refractivity contribution in [3.8, 4) is 5.75 Å². The molecule has 8 nitrogen and oxygen atoms in total. The average molecular weight is 349 g/mol. The average Bonchev–Trinajstić information content (AvgIpc) is 3.27.